The number of aromatic carboxylic acids is 1. The molecule has 2 aromatic rings. The van der Waals surface area contributed by atoms with Gasteiger partial charge in [-0.15, -0.1) is 0 Å². The predicted octanol–water partition coefficient (Wildman–Crippen LogP) is 5.05. The number of rotatable bonds is 5. The molecule has 1 amide bonds. The number of thiocarbonyl (C=S) groups is 1. The van der Waals surface area contributed by atoms with E-state index in [1.807, 2.05) is 28.7 Å². The van der Waals surface area contributed by atoms with Crippen LogP contribution in [0.2, 0.25) is 0 Å². The molecule has 0 saturated carbocycles. The Morgan fingerprint density at radius 3 is 2.61 bits per heavy atom. The van der Waals surface area contributed by atoms with Gasteiger partial charge in [0.2, 0.25) is 5.91 Å². The lowest BCUT2D eigenvalue weighted by Crippen LogP contribution is -2.33. The molecule has 2 rings (SSSR count). The Balaban J connectivity index is 2.09. The van der Waals surface area contributed by atoms with Crippen molar-refractivity contribution >= 4 is 95.4 Å². The maximum atomic E-state index is 12.2. The molecule has 0 radical (unpaired) electrons. The molecule has 0 aromatic heterocycles. The summed E-state index contributed by atoms with van der Waals surface area (Å²) in [6.07, 6.45) is 2.89. The maximum absolute atomic E-state index is 12.2. The third kappa shape index (κ3) is 6.26. The van der Waals surface area contributed by atoms with Gasteiger partial charge in [-0.25, -0.2) is 4.79 Å². The van der Waals surface area contributed by atoms with E-state index < -0.39 is 11.9 Å². The smallest absolute Gasteiger partial charge is 0.337 e. The van der Waals surface area contributed by atoms with Crippen molar-refractivity contribution in [1.82, 2.24) is 5.32 Å². The molecule has 0 unspecified atom stereocenters. The van der Waals surface area contributed by atoms with E-state index in [1.54, 1.807) is 24.3 Å². The quantitative estimate of drug-likeness (QED) is 0.241. The van der Waals surface area contributed by atoms with Crippen molar-refractivity contribution in [2.75, 3.05) is 12.4 Å². The third-order valence-corrected chi connectivity index (χ3v) is 5.27. The highest BCUT2D eigenvalue weighted by Gasteiger charge is 2.13. The number of carbonyl (C=O) groups is 2. The number of carbonyl (C=O) groups excluding carboxylic acids is 1. The van der Waals surface area contributed by atoms with Crippen LogP contribution in [0, 0.1) is 3.57 Å². The lowest BCUT2D eigenvalue weighted by Gasteiger charge is -2.11. The molecule has 0 aliphatic heterocycles. The van der Waals surface area contributed by atoms with Crippen LogP contribution < -0.4 is 15.4 Å². The zero-order valence-corrected chi connectivity index (χ0v) is 20.4. The van der Waals surface area contributed by atoms with Gasteiger partial charge in [0.25, 0.3) is 0 Å². The molecule has 146 valence electrons. The van der Waals surface area contributed by atoms with E-state index in [1.165, 1.54) is 19.3 Å². The summed E-state index contributed by atoms with van der Waals surface area (Å²) in [7, 11) is 1.53. The molecular weight excluding hydrogens is 627 g/mol. The van der Waals surface area contributed by atoms with Crippen molar-refractivity contribution in [3.8, 4) is 5.75 Å². The van der Waals surface area contributed by atoms with E-state index in [4.69, 9.17) is 17.0 Å². The summed E-state index contributed by atoms with van der Waals surface area (Å²) in [5.74, 6) is -0.988. The van der Waals surface area contributed by atoms with Crippen molar-refractivity contribution < 1.29 is 19.4 Å². The summed E-state index contributed by atoms with van der Waals surface area (Å²) >= 11 is 13.9. The summed E-state index contributed by atoms with van der Waals surface area (Å²) in [4.78, 5) is 23.5. The van der Waals surface area contributed by atoms with Crippen LogP contribution in [0.5, 0.6) is 5.75 Å². The first-order valence-corrected chi connectivity index (χ1v) is 10.6. The number of carboxylic acid groups (broad SMARTS) is 1. The van der Waals surface area contributed by atoms with Gasteiger partial charge in [0, 0.05) is 19.7 Å². The minimum absolute atomic E-state index is 0.0132. The molecule has 3 N–H and O–H groups in total. The van der Waals surface area contributed by atoms with E-state index in [2.05, 4.69) is 42.5 Å². The third-order valence-electron chi connectivity index (χ3n) is 3.35. The van der Waals surface area contributed by atoms with Crippen molar-refractivity contribution in [3.05, 3.63) is 60.1 Å². The van der Waals surface area contributed by atoms with Crippen LogP contribution in [0.15, 0.2) is 45.4 Å². The predicted molar refractivity (Wildman–Crippen MR) is 128 cm³/mol. The Labute approximate surface area is 197 Å². The second kappa shape index (κ2) is 10.3. The van der Waals surface area contributed by atoms with E-state index >= 15 is 0 Å². The van der Waals surface area contributed by atoms with Gasteiger partial charge in [-0.1, -0.05) is 15.9 Å². The lowest BCUT2D eigenvalue weighted by molar-refractivity contribution is -0.115. The first-order valence-electron chi connectivity index (χ1n) is 7.57. The van der Waals surface area contributed by atoms with E-state index in [0.717, 1.165) is 12.5 Å². The molecule has 0 fully saturated rings. The number of carboxylic acids is 1. The zero-order valence-electron chi connectivity index (χ0n) is 14.3. The second-order valence-electron chi connectivity index (χ2n) is 5.28. The van der Waals surface area contributed by atoms with Crippen LogP contribution in [0.1, 0.15) is 15.9 Å². The van der Waals surface area contributed by atoms with Gasteiger partial charge in [-0.3, -0.25) is 10.1 Å². The van der Waals surface area contributed by atoms with Crippen molar-refractivity contribution in [2.45, 2.75) is 0 Å². The Bertz CT molecular complexity index is 982. The normalized spacial score (nSPS) is 10.6. The van der Waals surface area contributed by atoms with Crippen LogP contribution in [0.25, 0.3) is 6.08 Å². The highest BCUT2D eigenvalue weighted by Crippen LogP contribution is 2.33. The number of benzene rings is 2. The number of halogens is 3. The Morgan fingerprint density at radius 2 is 1.96 bits per heavy atom. The van der Waals surface area contributed by atoms with Gasteiger partial charge < -0.3 is 15.2 Å². The lowest BCUT2D eigenvalue weighted by atomic mass is 10.2. The minimum atomic E-state index is -1.10. The van der Waals surface area contributed by atoms with E-state index in [-0.39, 0.29) is 10.7 Å². The SMILES string of the molecule is COc1c(Br)cc(Br)cc1C=CC(=O)NC(=S)Nc1ccc(I)cc1C(=O)O. The monoisotopic (exact) mass is 638 g/mol. The summed E-state index contributed by atoms with van der Waals surface area (Å²) in [5.41, 5.74) is 1.03. The fourth-order valence-corrected chi connectivity index (χ4v) is 4.32. The molecule has 6 nitrogen and oxygen atoms in total. The first kappa shape index (κ1) is 22.8. The highest BCUT2D eigenvalue weighted by atomic mass is 127. The topological polar surface area (TPSA) is 87.7 Å². The maximum Gasteiger partial charge on any atom is 0.337 e. The summed E-state index contributed by atoms with van der Waals surface area (Å²) in [5, 5.41) is 14.5. The Morgan fingerprint density at radius 1 is 1.25 bits per heavy atom. The minimum Gasteiger partial charge on any atom is -0.495 e. The van der Waals surface area contributed by atoms with Gasteiger partial charge in [-0.2, -0.15) is 0 Å². The molecule has 0 bridgehead atoms. The molecule has 10 heteroatoms. The van der Waals surface area contributed by atoms with Gasteiger partial charge in [-0.05, 0) is 87.1 Å². The molecule has 0 saturated heterocycles. The average molecular weight is 640 g/mol. The second-order valence-corrected chi connectivity index (χ2v) is 8.71. The van der Waals surface area contributed by atoms with Gasteiger partial charge in [0.15, 0.2) is 5.11 Å². The molecule has 28 heavy (non-hydrogen) atoms. The standard InChI is InChI=1S/C18H13Br2IN2O4S/c1-27-16-9(6-10(19)7-13(16)20)2-5-15(24)23-18(28)22-14-4-3-11(21)8-12(14)17(25)26/h2-8H,1H3,(H,25,26)(H2,22,23,24,28). The van der Waals surface area contributed by atoms with Crippen LogP contribution >= 0.6 is 66.7 Å². The van der Waals surface area contributed by atoms with E-state index in [9.17, 15) is 14.7 Å². The van der Waals surface area contributed by atoms with Gasteiger partial charge in [0.05, 0.1) is 22.8 Å². The van der Waals surface area contributed by atoms with E-state index in [0.29, 0.717) is 17.0 Å². The number of amides is 1. The summed E-state index contributed by atoms with van der Waals surface area (Å²) < 4.78 is 7.65. The first-order chi connectivity index (χ1) is 13.2. The number of anilines is 1. The number of ether oxygens (including phenoxy) is 1. The molecule has 0 spiro atoms. The van der Waals surface area contributed by atoms with Crippen molar-refractivity contribution in [1.29, 1.82) is 0 Å². The number of nitrogens with one attached hydrogen (secondary N) is 2. The number of hydrogen-bond donors (Lipinski definition) is 3. The molecule has 2 aromatic carbocycles. The highest BCUT2D eigenvalue weighted by molar-refractivity contribution is 14.1. The van der Waals surface area contributed by atoms with Gasteiger partial charge >= 0.3 is 5.97 Å². The van der Waals surface area contributed by atoms with Crippen molar-refractivity contribution in [3.63, 3.8) is 0 Å². The molecule has 0 aliphatic carbocycles. The summed E-state index contributed by atoms with van der Waals surface area (Å²) in [6.45, 7) is 0. The molecule has 0 heterocycles. The van der Waals surface area contributed by atoms with Crippen molar-refractivity contribution in [2.24, 2.45) is 0 Å². The summed E-state index contributed by atoms with van der Waals surface area (Å²) in [6, 6.07) is 8.46. The Kier molecular flexibility index (Phi) is 8.40. The molecule has 0 aliphatic rings. The van der Waals surface area contributed by atoms with Crippen LogP contribution in [0.3, 0.4) is 0 Å². The zero-order chi connectivity index (χ0) is 20.8. The fraction of sp³-hybridized carbons (Fsp3) is 0.0556. The molecule has 0 atom stereocenters. The Hall–Kier alpha value is -1.50. The number of methoxy groups -OCH3 is 1. The van der Waals surface area contributed by atoms with Crippen LogP contribution in [-0.2, 0) is 4.79 Å². The van der Waals surface area contributed by atoms with Crippen LogP contribution in [-0.4, -0.2) is 29.2 Å². The largest absolute Gasteiger partial charge is 0.495 e. The van der Waals surface area contributed by atoms with Crippen LogP contribution in [0.4, 0.5) is 5.69 Å². The molecular formula is C18H13Br2IN2O4S. The van der Waals surface area contributed by atoms with Gasteiger partial charge in [0.1, 0.15) is 5.75 Å². The average Bonchev–Trinajstić information content (AvgIpc) is 2.60. The fourth-order valence-electron chi connectivity index (χ4n) is 2.19. The number of hydrogen-bond acceptors (Lipinski definition) is 4.